The summed E-state index contributed by atoms with van der Waals surface area (Å²) in [7, 11) is -1.57. The van der Waals surface area contributed by atoms with E-state index in [0.717, 1.165) is 12.8 Å². The van der Waals surface area contributed by atoms with Gasteiger partial charge in [0.1, 0.15) is 0 Å². The molecule has 1 saturated carbocycles. The lowest BCUT2D eigenvalue weighted by atomic mass is 10.00. The highest BCUT2D eigenvalue weighted by atomic mass is 32.2. The lowest BCUT2D eigenvalue weighted by Gasteiger charge is -2.17. The van der Waals surface area contributed by atoms with Gasteiger partial charge in [-0.15, -0.1) is 0 Å². The van der Waals surface area contributed by atoms with Gasteiger partial charge in [0.25, 0.3) is 0 Å². The summed E-state index contributed by atoms with van der Waals surface area (Å²) >= 11 is 0. The predicted octanol–water partition coefficient (Wildman–Crippen LogP) is 0.417. The highest BCUT2D eigenvalue weighted by Gasteiger charge is 2.45. The van der Waals surface area contributed by atoms with Crippen LogP contribution in [0.5, 0.6) is 0 Å². The van der Waals surface area contributed by atoms with Crippen molar-refractivity contribution in [2.24, 2.45) is 18.9 Å². The fourth-order valence-electron chi connectivity index (χ4n) is 3.17. The summed E-state index contributed by atoms with van der Waals surface area (Å²) < 4.78 is 28.1. The summed E-state index contributed by atoms with van der Waals surface area (Å²) in [6.07, 6.45) is 4.78. The fraction of sp³-hybridized carbons (Fsp3) is 0.667. The van der Waals surface area contributed by atoms with E-state index in [4.69, 9.17) is 0 Å². The van der Waals surface area contributed by atoms with Gasteiger partial charge < -0.3 is 9.67 Å². The van der Waals surface area contributed by atoms with E-state index in [1.54, 1.807) is 23.0 Å². The Morgan fingerprint density at radius 3 is 2.72 bits per heavy atom. The van der Waals surface area contributed by atoms with E-state index in [9.17, 15) is 13.5 Å². The standard InChI is InChI=1S/C12H18N2O3S/c1-13-5-4-10(7-13)18(16,17)14-6-9-2-3-12(15)11(9)8-14/h4-5,7,9,11-12,15H,2-3,6,8H2,1H3. The van der Waals surface area contributed by atoms with Crippen molar-refractivity contribution in [1.82, 2.24) is 8.87 Å². The van der Waals surface area contributed by atoms with Crippen molar-refractivity contribution in [1.29, 1.82) is 0 Å². The Bertz CT molecular complexity index is 551. The maximum absolute atomic E-state index is 12.4. The molecule has 1 aromatic rings. The Labute approximate surface area is 107 Å². The first kappa shape index (κ1) is 12.2. The van der Waals surface area contributed by atoms with Gasteiger partial charge in [-0.1, -0.05) is 0 Å². The maximum Gasteiger partial charge on any atom is 0.244 e. The molecule has 3 atom stereocenters. The summed E-state index contributed by atoms with van der Waals surface area (Å²) in [6, 6.07) is 1.62. The summed E-state index contributed by atoms with van der Waals surface area (Å²) in [5.41, 5.74) is 0. The third-order valence-corrected chi connectivity index (χ3v) is 6.04. The topological polar surface area (TPSA) is 62.5 Å². The van der Waals surface area contributed by atoms with Crippen LogP contribution in [0.1, 0.15) is 12.8 Å². The van der Waals surface area contributed by atoms with Crippen LogP contribution in [0, 0.1) is 11.8 Å². The van der Waals surface area contributed by atoms with Crippen LogP contribution in [0.3, 0.4) is 0 Å². The fourth-order valence-corrected chi connectivity index (χ4v) is 4.76. The quantitative estimate of drug-likeness (QED) is 0.847. The van der Waals surface area contributed by atoms with E-state index in [0.29, 0.717) is 23.9 Å². The number of sulfonamides is 1. The van der Waals surface area contributed by atoms with E-state index in [1.165, 1.54) is 4.31 Å². The summed E-state index contributed by atoms with van der Waals surface area (Å²) in [6.45, 7) is 1.02. The third kappa shape index (κ3) is 1.79. The average molecular weight is 270 g/mol. The number of rotatable bonds is 2. The largest absolute Gasteiger partial charge is 0.393 e. The molecular weight excluding hydrogens is 252 g/mol. The Kier molecular flexibility index (Phi) is 2.76. The molecule has 6 heteroatoms. The lowest BCUT2D eigenvalue weighted by molar-refractivity contribution is 0.129. The monoisotopic (exact) mass is 270 g/mol. The van der Waals surface area contributed by atoms with Gasteiger partial charge in [-0.2, -0.15) is 4.31 Å². The number of hydrogen-bond acceptors (Lipinski definition) is 3. The summed E-state index contributed by atoms with van der Waals surface area (Å²) in [5, 5.41) is 9.83. The molecule has 0 spiro atoms. The first-order valence-electron chi connectivity index (χ1n) is 6.28. The van der Waals surface area contributed by atoms with Crippen LogP contribution < -0.4 is 0 Å². The van der Waals surface area contributed by atoms with Gasteiger partial charge in [-0.05, 0) is 24.8 Å². The number of nitrogens with zero attached hydrogens (tertiary/aromatic N) is 2. The summed E-state index contributed by atoms with van der Waals surface area (Å²) in [5.74, 6) is 0.460. The van der Waals surface area contributed by atoms with Gasteiger partial charge in [0.15, 0.2) is 0 Å². The van der Waals surface area contributed by atoms with Crippen molar-refractivity contribution in [3.63, 3.8) is 0 Å². The van der Waals surface area contributed by atoms with Crippen LogP contribution in [0.2, 0.25) is 0 Å². The SMILES string of the molecule is Cn1ccc(S(=O)(=O)N2CC3CCC(O)C3C2)c1. The molecule has 0 amide bonds. The third-order valence-electron chi connectivity index (χ3n) is 4.23. The molecule has 2 aliphatic rings. The molecule has 18 heavy (non-hydrogen) atoms. The Balaban J connectivity index is 1.84. The summed E-state index contributed by atoms with van der Waals surface area (Å²) in [4.78, 5) is 0.347. The van der Waals surface area contributed by atoms with Crippen LogP contribution in [0.15, 0.2) is 23.4 Å². The van der Waals surface area contributed by atoms with E-state index in [2.05, 4.69) is 0 Å². The Morgan fingerprint density at radius 1 is 1.33 bits per heavy atom. The molecule has 1 saturated heterocycles. The van der Waals surface area contributed by atoms with Gasteiger partial charge in [-0.25, -0.2) is 8.42 Å². The molecule has 1 aliphatic heterocycles. The van der Waals surface area contributed by atoms with Crippen molar-refractivity contribution < 1.29 is 13.5 Å². The van der Waals surface area contributed by atoms with Crippen LogP contribution in [-0.2, 0) is 17.1 Å². The molecule has 3 rings (SSSR count). The first-order chi connectivity index (χ1) is 8.48. The molecule has 0 radical (unpaired) electrons. The minimum atomic E-state index is -3.38. The molecule has 0 bridgehead atoms. The molecule has 1 aromatic heterocycles. The maximum atomic E-state index is 12.4. The Morgan fingerprint density at radius 2 is 2.11 bits per heavy atom. The minimum absolute atomic E-state index is 0.128. The molecule has 3 unspecified atom stereocenters. The molecular formula is C12H18N2O3S. The molecule has 100 valence electrons. The first-order valence-corrected chi connectivity index (χ1v) is 7.72. The number of aromatic nitrogens is 1. The van der Waals surface area contributed by atoms with Gasteiger partial charge in [0, 0.05) is 38.4 Å². The van der Waals surface area contributed by atoms with Crippen molar-refractivity contribution >= 4 is 10.0 Å². The zero-order valence-corrected chi connectivity index (χ0v) is 11.2. The zero-order valence-electron chi connectivity index (χ0n) is 10.4. The van der Waals surface area contributed by atoms with Crippen molar-refractivity contribution in [2.75, 3.05) is 13.1 Å². The lowest BCUT2D eigenvalue weighted by Crippen LogP contribution is -2.31. The van der Waals surface area contributed by atoms with Gasteiger partial charge in [0.2, 0.25) is 10.0 Å². The van der Waals surface area contributed by atoms with Crippen LogP contribution in [0.25, 0.3) is 0 Å². The smallest absolute Gasteiger partial charge is 0.244 e. The molecule has 2 fully saturated rings. The molecule has 1 aliphatic carbocycles. The number of aliphatic hydroxyl groups excluding tert-OH is 1. The highest BCUT2D eigenvalue weighted by molar-refractivity contribution is 7.89. The second-order valence-electron chi connectivity index (χ2n) is 5.40. The molecule has 5 nitrogen and oxygen atoms in total. The minimum Gasteiger partial charge on any atom is -0.393 e. The van der Waals surface area contributed by atoms with Crippen LogP contribution >= 0.6 is 0 Å². The van der Waals surface area contributed by atoms with Crippen LogP contribution in [-0.4, -0.2) is 41.6 Å². The molecule has 0 aromatic carbocycles. The second kappa shape index (κ2) is 4.08. The predicted molar refractivity (Wildman–Crippen MR) is 66.4 cm³/mol. The van der Waals surface area contributed by atoms with E-state index in [-0.39, 0.29) is 12.0 Å². The van der Waals surface area contributed by atoms with Crippen molar-refractivity contribution in [2.45, 2.75) is 23.8 Å². The highest BCUT2D eigenvalue weighted by Crippen LogP contribution is 2.39. The normalized spacial score (nSPS) is 32.9. The van der Waals surface area contributed by atoms with Gasteiger partial charge >= 0.3 is 0 Å². The van der Waals surface area contributed by atoms with Crippen molar-refractivity contribution in [3.05, 3.63) is 18.5 Å². The molecule has 1 N–H and O–H groups in total. The average Bonchev–Trinajstić information content (AvgIpc) is 2.96. The van der Waals surface area contributed by atoms with Crippen molar-refractivity contribution in [3.8, 4) is 0 Å². The number of aliphatic hydroxyl groups is 1. The zero-order chi connectivity index (χ0) is 12.9. The molecule has 2 heterocycles. The number of hydrogen-bond donors (Lipinski definition) is 1. The van der Waals surface area contributed by atoms with E-state index >= 15 is 0 Å². The van der Waals surface area contributed by atoms with Gasteiger partial charge in [-0.3, -0.25) is 0 Å². The number of aryl methyl sites for hydroxylation is 1. The van der Waals surface area contributed by atoms with Crippen LogP contribution in [0.4, 0.5) is 0 Å². The Hall–Kier alpha value is -0.850. The second-order valence-corrected chi connectivity index (χ2v) is 7.34. The van der Waals surface area contributed by atoms with E-state index in [1.807, 2.05) is 7.05 Å². The van der Waals surface area contributed by atoms with E-state index < -0.39 is 10.0 Å². The number of fused-ring (bicyclic) bond motifs is 1. The van der Waals surface area contributed by atoms with Gasteiger partial charge in [0.05, 0.1) is 11.0 Å².